The minimum atomic E-state index is 0.196. The second-order valence-corrected chi connectivity index (χ2v) is 8.57. The van der Waals surface area contributed by atoms with Gasteiger partial charge >= 0.3 is 0 Å². The lowest BCUT2D eigenvalue weighted by Gasteiger charge is -2.35. The van der Waals surface area contributed by atoms with Crippen LogP contribution in [-0.2, 0) is 17.9 Å². The highest BCUT2D eigenvalue weighted by Gasteiger charge is 2.22. The summed E-state index contributed by atoms with van der Waals surface area (Å²) in [5.41, 5.74) is 2.27. The number of aryl methyl sites for hydroxylation is 1. The number of hydrogen-bond donors (Lipinski definition) is 0. The topological polar surface area (TPSA) is 45.2 Å². The number of methoxy groups -OCH3 is 2. The van der Waals surface area contributed by atoms with Gasteiger partial charge in [-0.15, -0.1) is 11.3 Å². The first kappa shape index (κ1) is 21.6. The molecule has 1 aromatic heterocycles. The smallest absolute Gasteiger partial charge is 0.236 e. The molecular formula is C22H31N3O3S. The molecule has 0 atom stereocenters. The number of carbonyl (C=O) groups is 1. The summed E-state index contributed by atoms with van der Waals surface area (Å²) in [5.74, 6) is 1.64. The monoisotopic (exact) mass is 417 g/mol. The third-order valence-electron chi connectivity index (χ3n) is 5.37. The van der Waals surface area contributed by atoms with E-state index in [4.69, 9.17) is 9.47 Å². The standard InChI is InChI=1S/C22H31N3O3S/c1-17-12-20(27-3)21(28-4)13-18(17)14-23(2)16-22(26)25-9-7-24(8-10-25)15-19-6-5-11-29-19/h5-6,11-13H,7-10,14-16H2,1-4H3. The zero-order chi connectivity index (χ0) is 20.8. The predicted molar refractivity (Wildman–Crippen MR) is 117 cm³/mol. The predicted octanol–water partition coefficient (Wildman–Crippen LogP) is 2.85. The van der Waals surface area contributed by atoms with Crippen molar-refractivity contribution in [2.75, 3.05) is 54.0 Å². The summed E-state index contributed by atoms with van der Waals surface area (Å²) in [6.07, 6.45) is 0. The van der Waals surface area contributed by atoms with Crippen LogP contribution in [0.25, 0.3) is 0 Å². The molecule has 2 heterocycles. The van der Waals surface area contributed by atoms with Gasteiger partial charge in [-0.1, -0.05) is 6.07 Å². The first-order chi connectivity index (χ1) is 14.0. The van der Waals surface area contributed by atoms with Gasteiger partial charge in [-0.3, -0.25) is 14.6 Å². The van der Waals surface area contributed by atoms with Gasteiger partial charge < -0.3 is 14.4 Å². The Balaban J connectivity index is 1.49. The van der Waals surface area contributed by atoms with Crippen LogP contribution >= 0.6 is 11.3 Å². The van der Waals surface area contributed by atoms with Gasteiger partial charge in [0.25, 0.3) is 0 Å². The van der Waals surface area contributed by atoms with Gasteiger partial charge in [0.15, 0.2) is 11.5 Å². The van der Waals surface area contributed by atoms with E-state index in [1.54, 1.807) is 25.6 Å². The molecule has 6 nitrogen and oxygen atoms in total. The molecule has 0 radical (unpaired) electrons. The molecule has 0 saturated carbocycles. The van der Waals surface area contributed by atoms with Crippen LogP contribution in [0.15, 0.2) is 29.6 Å². The lowest BCUT2D eigenvalue weighted by atomic mass is 10.1. The number of amides is 1. The zero-order valence-corrected chi connectivity index (χ0v) is 18.6. The summed E-state index contributed by atoms with van der Waals surface area (Å²) in [5, 5.41) is 2.12. The van der Waals surface area contributed by atoms with E-state index in [2.05, 4.69) is 34.2 Å². The Labute approximate surface area is 177 Å². The largest absolute Gasteiger partial charge is 0.493 e. The molecule has 1 aliphatic rings. The van der Waals surface area contributed by atoms with Crippen LogP contribution in [0, 0.1) is 6.92 Å². The van der Waals surface area contributed by atoms with Crippen LogP contribution in [-0.4, -0.2) is 74.6 Å². The van der Waals surface area contributed by atoms with Gasteiger partial charge in [0, 0.05) is 44.1 Å². The number of carbonyl (C=O) groups excluding carboxylic acids is 1. The Morgan fingerprint density at radius 3 is 2.45 bits per heavy atom. The average Bonchev–Trinajstić information content (AvgIpc) is 3.22. The highest BCUT2D eigenvalue weighted by atomic mass is 32.1. The van der Waals surface area contributed by atoms with Crippen molar-refractivity contribution < 1.29 is 14.3 Å². The highest BCUT2D eigenvalue weighted by molar-refractivity contribution is 7.09. The van der Waals surface area contributed by atoms with E-state index in [0.29, 0.717) is 13.1 Å². The lowest BCUT2D eigenvalue weighted by Crippen LogP contribution is -2.50. The van der Waals surface area contributed by atoms with Crippen molar-refractivity contribution in [3.8, 4) is 11.5 Å². The Hall–Kier alpha value is -2.09. The van der Waals surface area contributed by atoms with Crippen LogP contribution in [0.3, 0.4) is 0 Å². The molecule has 0 unspecified atom stereocenters. The third kappa shape index (κ3) is 5.72. The summed E-state index contributed by atoms with van der Waals surface area (Å²) in [4.78, 5) is 20.6. The average molecular weight is 418 g/mol. The zero-order valence-electron chi connectivity index (χ0n) is 17.8. The number of thiophene rings is 1. The third-order valence-corrected chi connectivity index (χ3v) is 6.23. The summed E-state index contributed by atoms with van der Waals surface area (Å²) in [7, 11) is 5.27. The normalized spacial score (nSPS) is 15.0. The first-order valence-corrected chi connectivity index (χ1v) is 10.8. The molecule has 0 N–H and O–H groups in total. The van der Waals surface area contributed by atoms with Crippen molar-refractivity contribution in [1.82, 2.24) is 14.7 Å². The van der Waals surface area contributed by atoms with Crippen molar-refractivity contribution in [2.45, 2.75) is 20.0 Å². The Morgan fingerprint density at radius 1 is 1.14 bits per heavy atom. The fourth-order valence-corrected chi connectivity index (χ4v) is 4.40. The maximum atomic E-state index is 12.8. The van der Waals surface area contributed by atoms with Crippen LogP contribution in [0.1, 0.15) is 16.0 Å². The number of piperazine rings is 1. The summed E-state index contributed by atoms with van der Waals surface area (Å²) >= 11 is 1.79. The molecule has 0 aliphatic carbocycles. The number of likely N-dealkylation sites (N-methyl/N-ethyl adjacent to an activating group) is 1. The molecule has 0 bridgehead atoms. The molecule has 1 aliphatic heterocycles. The summed E-state index contributed by atoms with van der Waals surface area (Å²) in [6, 6.07) is 8.25. The van der Waals surface area contributed by atoms with E-state index >= 15 is 0 Å². The van der Waals surface area contributed by atoms with Crippen LogP contribution < -0.4 is 9.47 Å². The SMILES string of the molecule is COc1cc(C)c(CN(C)CC(=O)N2CCN(Cc3cccs3)CC2)cc1OC. The van der Waals surface area contributed by atoms with E-state index < -0.39 is 0 Å². The second-order valence-electron chi connectivity index (χ2n) is 7.54. The lowest BCUT2D eigenvalue weighted by molar-refractivity contribution is -0.134. The minimum absolute atomic E-state index is 0.196. The van der Waals surface area contributed by atoms with Gasteiger partial charge in [-0.25, -0.2) is 0 Å². The molecule has 0 spiro atoms. The fraction of sp³-hybridized carbons (Fsp3) is 0.500. The maximum Gasteiger partial charge on any atom is 0.236 e. The molecule has 158 valence electrons. The highest BCUT2D eigenvalue weighted by Crippen LogP contribution is 2.30. The molecule has 1 amide bonds. The second kappa shape index (κ2) is 10.1. The van der Waals surface area contributed by atoms with Crippen LogP contribution in [0.2, 0.25) is 0 Å². The molecule has 1 fully saturated rings. The molecule has 1 aromatic carbocycles. The van der Waals surface area contributed by atoms with Crippen LogP contribution in [0.4, 0.5) is 0 Å². The quantitative estimate of drug-likeness (QED) is 0.661. The van der Waals surface area contributed by atoms with Gasteiger partial charge in [-0.2, -0.15) is 0 Å². The first-order valence-electron chi connectivity index (χ1n) is 9.92. The van der Waals surface area contributed by atoms with Crippen LogP contribution in [0.5, 0.6) is 11.5 Å². The molecule has 2 aromatic rings. The number of ether oxygens (including phenoxy) is 2. The number of hydrogen-bond acceptors (Lipinski definition) is 6. The van der Waals surface area contributed by atoms with Crippen molar-refractivity contribution in [2.24, 2.45) is 0 Å². The van der Waals surface area contributed by atoms with Crippen molar-refractivity contribution >= 4 is 17.2 Å². The van der Waals surface area contributed by atoms with Crippen molar-refractivity contribution in [3.05, 3.63) is 45.6 Å². The maximum absolute atomic E-state index is 12.8. The van der Waals surface area contributed by atoms with E-state index in [1.165, 1.54) is 4.88 Å². The van der Waals surface area contributed by atoms with E-state index in [-0.39, 0.29) is 5.91 Å². The molecule has 1 saturated heterocycles. The number of benzene rings is 1. The summed E-state index contributed by atoms with van der Waals surface area (Å²) in [6.45, 7) is 7.61. The van der Waals surface area contributed by atoms with Crippen molar-refractivity contribution in [1.29, 1.82) is 0 Å². The number of nitrogens with zero attached hydrogens (tertiary/aromatic N) is 3. The Morgan fingerprint density at radius 2 is 1.83 bits per heavy atom. The minimum Gasteiger partial charge on any atom is -0.493 e. The van der Waals surface area contributed by atoms with E-state index in [0.717, 1.165) is 55.3 Å². The Kier molecular flexibility index (Phi) is 7.52. The molecular weight excluding hydrogens is 386 g/mol. The summed E-state index contributed by atoms with van der Waals surface area (Å²) < 4.78 is 10.8. The molecule has 29 heavy (non-hydrogen) atoms. The van der Waals surface area contributed by atoms with Gasteiger partial charge in [-0.05, 0) is 48.7 Å². The van der Waals surface area contributed by atoms with Gasteiger partial charge in [0.2, 0.25) is 5.91 Å². The van der Waals surface area contributed by atoms with E-state index in [1.807, 2.05) is 24.1 Å². The van der Waals surface area contributed by atoms with Gasteiger partial charge in [0.1, 0.15) is 0 Å². The Bertz CT molecular complexity index is 802. The van der Waals surface area contributed by atoms with Gasteiger partial charge in [0.05, 0.1) is 20.8 Å². The number of rotatable bonds is 8. The molecule has 3 rings (SSSR count). The molecule has 7 heteroatoms. The van der Waals surface area contributed by atoms with Crippen molar-refractivity contribution in [3.63, 3.8) is 0 Å². The fourth-order valence-electron chi connectivity index (χ4n) is 3.65. The van der Waals surface area contributed by atoms with E-state index in [9.17, 15) is 4.79 Å².